The number of hydrogen-bond acceptors (Lipinski definition) is 5. The first-order chi connectivity index (χ1) is 10.6. The van der Waals surface area contributed by atoms with E-state index in [1.54, 1.807) is 0 Å². The smallest absolute Gasteiger partial charge is 0.308 e. The van der Waals surface area contributed by atoms with Crippen LogP contribution >= 0.6 is 0 Å². The van der Waals surface area contributed by atoms with Gasteiger partial charge in [0.05, 0.1) is 12.7 Å². The van der Waals surface area contributed by atoms with E-state index in [0.29, 0.717) is 35.7 Å². The second-order valence-electron chi connectivity index (χ2n) is 7.15. The lowest BCUT2D eigenvalue weighted by Gasteiger charge is -2.31. The third-order valence-electron chi connectivity index (χ3n) is 3.60. The van der Waals surface area contributed by atoms with Gasteiger partial charge in [-0.2, -0.15) is 0 Å². The molecule has 0 radical (unpaired) electrons. The zero-order chi connectivity index (χ0) is 17.4. The number of ether oxygens (including phenoxy) is 3. The summed E-state index contributed by atoms with van der Waals surface area (Å²) < 4.78 is 17.1. The predicted molar refractivity (Wildman–Crippen MR) is 87.7 cm³/mol. The lowest BCUT2D eigenvalue weighted by molar-refractivity contribution is -0.132. The Morgan fingerprint density at radius 3 is 2.43 bits per heavy atom. The van der Waals surface area contributed by atoms with E-state index in [1.165, 1.54) is 6.92 Å². The van der Waals surface area contributed by atoms with Crippen molar-refractivity contribution in [3.8, 4) is 23.0 Å². The van der Waals surface area contributed by atoms with E-state index in [-0.39, 0.29) is 23.0 Å². The van der Waals surface area contributed by atoms with Crippen LogP contribution in [0.3, 0.4) is 0 Å². The number of fused-ring (bicyclic) bond motifs is 1. The van der Waals surface area contributed by atoms with Crippen molar-refractivity contribution in [2.45, 2.75) is 65.9 Å². The van der Waals surface area contributed by atoms with Crippen molar-refractivity contribution in [1.29, 1.82) is 0 Å². The van der Waals surface area contributed by atoms with Crippen LogP contribution in [0.25, 0.3) is 0 Å². The van der Waals surface area contributed by atoms with E-state index in [9.17, 15) is 9.90 Å². The van der Waals surface area contributed by atoms with Crippen LogP contribution in [0.5, 0.6) is 23.0 Å². The molecule has 2 rings (SSSR count). The SMILES string of the molecule is CC(=O)Oc1c2c(c(O)c(C(C)(C)C)c1OC(C)C)CCCO2. The third kappa shape index (κ3) is 3.54. The van der Waals surface area contributed by atoms with Gasteiger partial charge < -0.3 is 19.3 Å². The molecule has 0 aromatic heterocycles. The van der Waals surface area contributed by atoms with E-state index in [2.05, 4.69) is 0 Å². The molecular formula is C18H26O5. The monoisotopic (exact) mass is 322 g/mol. The van der Waals surface area contributed by atoms with Crippen LogP contribution in [0.2, 0.25) is 0 Å². The van der Waals surface area contributed by atoms with Gasteiger partial charge in [-0.3, -0.25) is 4.79 Å². The number of esters is 1. The molecule has 0 amide bonds. The molecule has 23 heavy (non-hydrogen) atoms. The zero-order valence-electron chi connectivity index (χ0n) is 14.8. The molecule has 0 saturated heterocycles. The molecule has 1 aliphatic rings. The molecule has 0 fully saturated rings. The van der Waals surface area contributed by atoms with E-state index >= 15 is 0 Å². The molecule has 0 bridgehead atoms. The Hall–Kier alpha value is -1.91. The molecule has 0 unspecified atom stereocenters. The van der Waals surface area contributed by atoms with Crippen molar-refractivity contribution in [2.24, 2.45) is 0 Å². The van der Waals surface area contributed by atoms with Crippen LogP contribution in [0.15, 0.2) is 0 Å². The highest BCUT2D eigenvalue weighted by molar-refractivity contribution is 5.76. The number of phenolic OH excluding ortho intramolecular Hbond substituents is 1. The van der Waals surface area contributed by atoms with Crippen LogP contribution in [-0.2, 0) is 16.6 Å². The maximum atomic E-state index is 11.6. The third-order valence-corrected chi connectivity index (χ3v) is 3.60. The minimum Gasteiger partial charge on any atom is -0.507 e. The molecule has 1 N–H and O–H groups in total. The van der Waals surface area contributed by atoms with Gasteiger partial charge in [0.15, 0.2) is 11.5 Å². The summed E-state index contributed by atoms with van der Waals surface area (Å²) in [4.78, 5) is 11.6. The van der Waals surface area contributed by atoms with E-state index in [0.717, 1.165) is 6.42 Å². The molecule has 0 saturated carbocycles. The normalized spacial score (nSPS) is 14.2. The highest BCUT2D eigenvalue weighted by Crippen LogP contribution is 2.54. The predicted octanol–water partition coefficient (Wildman–Crippen LogP) is 3.73. The summed E-state index contributed by atoms with van der Waals surface area (Å²) in [6, 6.07) is 0. The van der Waals surface area contributed by atoms with Gasteiger partial charge in [0.25, 0.3) is 0 Å². The Morgan fingerprint density at radius 1 is 1.26 bits per heavy atom. The van der Waals surface area contributed by atoms with Gasteiger partial charge in [-0.05, 0) is 32.1 Å². The number of hydrogen-bond donors (Lipinski definition) is 1. The number of rotatable bonds is 3. The van der Waals surface area contributed by atoms with Gasteiger partial charge >= 0.3 is 5.97 Å². The molecule has 1 heterocycles. The van der Waals surface area contributed by atoms with Crippen LogP contribution in [0.4, 0.5) is 0 Å². The number of phenols is 1. The number of aromatic hydroxyl groups is 1. The van der Waals surface area contributed by atoms with Gasteiger partial charge in [0.2, 0.25) is 5.75 Å². The molecule has 1 aromatic rings. The Kier molecular flexibility index (Phi) is 4.78. The first kappa shape index (κ1) is 17.4. The van der Waals surface area contributed by atoms with Crippen molar-refractivity contribution >= 4 is 5.97 Å². The Morgan fingerprint density at radius 2 is 1.91 bits per heavy atom. The minimum atomic E-state index is -0.444. The van der Waals surface area contributed by atoms with Crippen LogP contribution in [0, 0.1) is 0 Å². The van der Waals surface area contributed by atoms with Gasteiger partial charge in [-0.1, -0.05) is 20.8 Å². The van der Waals surface area contributed by atoms with Crippen molar-refractivity contribution in [1.82, 2.24) is 0 Å². The van der Waals surface area contributed by atoms with Gasteiger partial charge in [0.1, 0.15) is 5.75 Å². The maximum Gasteiger partial charge on any atom is 0.308 e. The first-order valence-corrected chi connectivity index (χ1v) is 8.03. The molecule has 1 aliphatic heterocycles. The van der Waals surface area contributed by atoms with E-state index in [1.807, 2.05) is 34.6 Å². The largest absolute Gasteiger partial charge is 0.507 e. The average Bonchev–Trinajstić information content (AvgIpc) is 2.41. The second-order valence-corrected chi connectivity index (χ2v) is 7.15. The van der Waals surface area contributed by atoms with E-state index < -0.39 is 5.97 Å². The summed E-state index contributed by atoms with van der Waals surface area (Å²) in [6.45, 7) is 11.6. The fourth-order valence-corrected chi connectivity index (χ4v) is 2.81. The van der Waals surface area contributed by atoms with Crippen molar-refractivity contribution < 1.29 is 24.1 Å². The highest BCUT2D eigenvalue weighted by atomic mass is 16.6. The standard InChI is InChI=1S/C18H26O5/c1-10(2)22-16-13(18(4,5)6)14(20)12-8-7-9-21-15(12)17(16)23-11(3)19/h10,20H,7-9H2,1-6H3. The zero-order valence-corrected chi connectivity index (χ0v) is 14.8. The number of carbonyl (C=O) groups is 1. The molecule has 0 aliphatic carbocycles. The topological polar surface area (TPSA) is 65.0 Å². The first-order valence-electron chi connectivity index (χ1n) is 8.03. The minimum absolute atomic E-state index is 0.133. The summed E-state index contributed by atoms with van der Waals surface area (Å²) in [5, 5.41) is 10.8. The molecule has 0 spiro atoms. The van der Waals surface area contributed by atoms with E-state index in [4.69, 9.17) is 14.2 Å². The second kappa shape index (κ2) is 6.30. The fraction of sp³-hybridized carbons (Fsp3) is 0.611. The lowest BCUT2D eigenvalue weighted by Crippen LogP contribution is -2.21. The van der Waals surface area contributed by atoms with Crippen molar-refractivity contribution in [3.63, 3.8) is 0 Å². The maximum absolute atomic E-state index is 11.6. The quantitative estimate of drug-likeness (QED) is 0.678. The molecule has 0 atom stereocenters. The Labute approximate surface area is 137 Å². The summed E-state index contributed by atoms with van der Waals surface area (Å²) in [6.07, 6.45) is 1.36. The molecular weight excluding hydrogens is 296 g/mol. The number of carbonyl (C=O) groups excluding carboxylic acids is 1. The van der Waals surface area contributed by atoms with Crippen molar-refractivity contribution in [3.05, 3.63) is 11.1 Å². The Balaban J connectivity index is 2.81. The van der Waals surface area contributed by atoms with Gasteiger partial charge in [-0.15, -0.1) is 0 Å². The highest BCUT2D eigenvalue weighted by Gasteiger charge is 2.35. The van der Waals surface area contributed by atoms with Crippen LogP contribution in [-0.4, -0.2) is 23.8 Å². The number of benzene rings is 1. The van der Waals surface area contributed by atoms with Gasteiger partial charge in [0, 0.05) is 18.1 Å². The van der Waals surface area contributed by atoms with Crippen LogP contribution in [0.1, 0.15) is 59.1 Å². The Bertz CT molecular complexity index is 611. The lowest BCUT2D eigenvalue weighted by atomic mass is 9.82. The fourth-order valence-electron chi connectivity index (χ4n) is 2.81. The average molecular weight is 322 g/mol. The molecule has 128 valence electrons. The van der Waals surface area contributed by atoms with Crippen LogP contribution < -0.4 is 14.2 Å². The summed E-state index contributed by atoms with van der Waals surface area (Å²) in [5.74, 6) is 0.830. The van der Waals surface area contributed by atoms with Crippen molar-refractivity contribution in [2.75, 3.05) is 6.61 Å². The summed E-state index contributed by atoms with van der Waals surface area (Å²) in [7, 11) is 0. The summed E-state index contributed by atoms with van der Waals surface area (Å²) in [5.41, 5.74) is 0.954. The summed E-state index contributed by atoms with van der Waals surface area (Å²) >= 11 is 0. The molecule has 5 nitrogen and oxygen atoms in total. The van der Waals surface area contributed by atoms with Gasteiger partial charge in [-0.25, -0.2) is 0 Å². The molecule has 1 aromatic carbocycles. The molecule has 5 heteroatoms.